The van der Waals surface area contributed by atoms with Gasteiger partial charge in [-0.15, -0.1) is 5.10 Å². The molecule has 4 rings (SSSR count). The highest BCUT2D eigenvalue weighted by atomic mass is 16.6. The summed E-state index contributed by atoms with van der Waals surface area (Å²) in [5, 5.41) is 8.50. The van der Waals surface area contributed by atoms with E-state index in [1.54, 1.807) is 37.3 Å². The number of esters is 1. The van der Waals surface area contributed by atoms with Crippen LogP contribution < -0.4 is 5.73 Å². The highest BCUT2D eigenvalue weighted by molar-refractivity contribution is 6.15. The van der Waals surface area contributed by atoms with Crippen molar-refractivity contribution in [1.82, 2.24) is 19.9 Å². The summed E-state index contributed by atoms with van der Waals surface area (Å²) in [6.45, 7) is 13.0. The molecule has 1 amide bonds. The Hall–Kier alpha value is -3.74. The van der Waals surface area contributed by atoms with E-state index in [9.17, 15) is 19.2 Å². The molecule has 0 bridgehead atoms. The molecule has 0 unspecified atom stereocenters. The van der Waals surface area contributed by atoms with Gasteiger partial charge in [-0.05, 0) is 64.4 Å². The number of hydrogen-bond donors (Lipinski definition) is 1. The monoisotopic (exact) mass is 663 g/mol. The first kappa shape index (κ1) is 37.1. The van der Waals surface area contributed by atoms with Crippen molar-refractivity contribution in [3.05, 3.63) is 30.5 Å². The average Bonchev–Trinajstić information content (AvgIpc) is 3.64. The lowest BCUT2D eigenvalue weighted by molar-refractivity contribution is -0.171. The number of aromatic nitrogens is 3. The minimum absolute atomic E-state index is 0.104. The highest BCUT2D eigenvalue weighted by Gasteiger charge is 2.60. The van der Waals surface area contributed by atoms with Gasteiger partial charge in [0.05, 0.1) is 25.7 Å². The van der Waals surface area contributed by atoms with Gasteiger partial charge in [-0.2, -0.15) is 0 Å². The van der Waals surface area contributed by atoms with Gasteiger partial charge in [-0.25, -0.2) is 4.79 Å². The molecule has 2 aliphatic heterocycles. The molecule has 2 N–H and O–H groups in total. The number of carbonyl (C=O) groups is 4. The fraction of sp³-hybridized carbons (Fsp3) is 0.657. The Kier molecular flexibility index (Phi) is 11.4. The summed E-state index contributed by atoms with van der Waals surface area (Å²) in [4.78, 5) is 56.3. The van der Waals surface area contributed by atoms with E-state index in [1.807, 2.05) is 44.3 Å². The Morgan fingerprint density at radius 3 is 2.38 bits per heavy atom. The first-order valence-electron chi connectivity index (χ1n) is 16.9. The van der Waals surface area contributed by atoms with Gasteiger partial charge in [0.2, 0.25) is 0 Å². The van der Waals surface area contributed by atoms with E-state index in [0.717, 1.165) is 5.56 Å². The van der Waals surface area contributed by atoms with Crippen LogP contribution in [0, 0.1) is 23.7 Å². The largest absolute Gasteiger partial charge is 0.458 e. The molecule has 2 aromatic rings. The third kappa shape index (κ3) is 7.30. The molecule has 0 saturated carbocycles. The number of nitrogen functional groups attached to an aromatic ring is 1. The van der Waals surface area contributed by atoms with Gasteiger partial charge >= 0.3 is 12.1 Å². The molecular formula is C35H50BN5O7. The van der Waals surface area contributed by atoms with E-state index >= 15 is 0 Å². The lowest BCUT2D eigenvalue weighted by Crippen LogP contribution is -2.58. The first-order valence-corrected chi connectivity index (χ1v) is 16.9. The number of aryl methyl sites for hydroxylation is 1. The van der Waals surface area contributed by atoms with Crippen molar-refractivity contribution in [3.8, 4) is 11.3 Å². The van der Waals surface area contributed by atoms with Crippen LogP contribution in [0.5, 0.6) is 0 Å². The summed E-state index contributed by atoms with van der Waals surface area (Å²) in [5.74, 6) is -5.06. The van der Waals surface area contributed by atoms with Crippen LogP contribution in [0.1, 0.15) is 74.1 Å². The Labute approximate surface area is 284 Å². The standard InChI is InChI=1S/C35H50BN5O7/c1-9-27-35(7)31(22(4)28(42)20(2)18-34(6,46-8)30(36)21(3)29(43)23(5)32(44)47-27)41(33(45)48-35)16-11-10-15-40-19-26(38-39-40)24-13-12-14-25(37)17-24/h12-14,17,19-23,27,30-31H,9-11,15-16,18,37H2,1-8H3/t20-,21+,22+,23-,27-,30-,31-,34-,35-/m1/s1. The number of ether oxygens (including phenoxy) is 3. The van der Waals surface area contributed by atoms with Crippen molar-refractivity contribution >= 4 is 37.2 Å². The molecule has 2 fully saturated rings. The third-order valence-electron chi connectivity index (χ3n) is 10.5. The third-order valence-corrected chi connectivity index (χ3v) is 10.5. The zero-order valence-corrected chi connectivity index (χ0v) is 29.5. The molecule has 2 saturated heterocycles. The number of benzene rings is 1. The summed E-state index contributed by atoms with van der Waals surface area (Å²) < 4.78 is 19.6. The fourth-order valence-corrected chi connectivity index (χ4v) is 7.51. The van der Waals surface area contributed by atoms with E-state index in [0.29, 0.717) is 43.7 Å². The quantitative estimate of drug-likeness (QED) is 0.139. The minimum atomic E-state index is -1.35. The van der Waals surface area contributed by atoms with E-state index in [1.165, 1.54) is 14.0 Å². The number of nitrogens with two attached hydrogens (primary N) is 1. The van der Waals surface area contributed by atoms with Crippen molar-refractivity contribution in [1.29, 1.82) is 0 Å². The summed E-state index contributed by atoms with van der Waals surface area (Å²) in [7, 11) is 8.11. The number of fused-ring (bicyclic) bond motifs is 1. The smallest absolute Gasteiger partial charge is 0.410 e. The summed E-state index contributed by atoms with van der Waals surface area (Å²) >= 11 is 0. The average molecular weight is 664 g/mol. The van der Waals surface area contributed by atoms with Crippen LogP contribution >= 0.6 is 0 Å². The Balaban J connectivity index is 1.59. The van der Waals surface area contributed by atoms with Crippen LogP contribution in [0.15, 0.2) is 30.5 Å². The number of hydrogen-bond acceptors (Lipinski definition) is 10. The van der Waals surface area contributed by atoms with Crippen LogP contribution in [0.3, 0.4) is 0 Å². The number of anilines is 1. The first-order chi connectivity index (χ1) is 22.6. The van der Waals surface area contributed by atoms with Crippen molar-refractivity contribution < 1.29 is 33.4 Å². The van der Waals surface area contributed by atoms with Gasteiger partial charge in [0, 0.05) is 49.2 Å². The molecule has 2 radical (unpaired) electrons. The zero-order valence-electron chi connectivity index (χ0n) is 29.5. The minimum Gasteiger partial charge on any atom is -0.458 e. The fourth-order valence-electron chi connectivity index (χ4n) is 7.51. The summed E-state index contributed by atoms with van der Waals surface area (Å²) in [6.07, 6.45) is 2.16. The second kappa shape index (κ2) is 14.8. The molecule has 2 aliphatic rings. The van der Waals surface area contributed by atoms with E-state index in [2.05, 4.69) is 10.3 Å². The lowest BCUT2D eigenvalue weighted by Gasteiger charge is -2.43. The molecule has 1 aromatic heterocycles. The molecule has 1 aromatic carbocycles. The Morgan fingerprint density at radius 2 is 1.73 bits per heavy atom. The number of amides is 1. The van der Waals surface area contributed by atoms with Gasteiger partial charge in [0.15, 0.2) is 5.60 Å². The molecule has 12 nitrogen and oxygen atoms in total. The molecule has 48 heavy (non-hydrogen) atoms. The van der Waals surface area contributed by atoms with Crippen molar-refractivity contribution in [3.63, 3.8) is 0 Å². The molecular weight excluding hydrogens is 613 g/mol. The van der Waals surface area contributed by atoms with Crippen LogP contribution in [-0.2, 0) is 35.1 Å². The maximum atomic E-state index is 14.2. The van der Waals surface area contributed by atoms with Crippen molar-refractivity contribution in [2.75, 3.05) is 19.4 Å². The van der Waals surface area contributed by atoms with E-state index < -0.39 is 64.9 Å². The Morgan fingerprint density at radius 1 is 1.04 bits per heavy atom. The van der Waals surface area contributed by atoms with Gasteiger partial charge in [0.1, 0.15) is 29.3 Å². The normalized spacial score (nSPS) is 33.6. The summed E-state index contributed by atoms with van der Waals surface area (Å²) in [5.41, 5.74) is 5.74. The van der Waals surface area contributed by atoms with Crippen molar-refractivity contribution in [2.24, 2.45) is 23.7 Å². The number of unbranched alkanes of at least 4 members (excludes halogenated alkanes) is 1. The number of carbonyl (C=O) groups excluding carboxylic acids is 4. The van der Waals surface area contributed by atoms with Gasteiger partial charge in [0.25, 0.3) is 0 Å². The van der Waals surface area contributed by atoms with Crippen molar-refractivity contribution in [2.45, 2.75) is 110 Å². The topological polar surface area (TPSA) is 156 Å². The lowest BCUT2D eigenvalue weighted by atomic mass is 9.62. The molecule has 0 aliphatic carbocycles. The predicted octanol–water partition coefficient (Wildman–Crippen LogP) is 4.66. The second-order valence-corrected chi connectivity index (χ2v) is 14.0. The van der Waals surface area contributed by atoms with Gasteiger partial charge < -0.3 is 24.8 Å². The highest BCUT2D eigenvalue weighted by Crippen LogP contribution is 2.43. The Bertz CT molecular complexity index is 1500. The number of nitrogens with zero attached hydrogens (tertiary/aromatic N) is 4. The summed E-state index contributed by atoms with van der Waals surface area (Å²) in [6, 6.07) is 6.68. The van der Waals surface area contributed by atoms with E-state index in [4.69, 9.17) is 27.8 Å². The SMILES string of the molecule is [B][C@@H]1[C@@H](C)C(=O)[C@@H](C)C(=O)O[C@H](CC)[C@@]2(C)OC(=O)N(CCCCn3cc(-c4cccc(N)c4)nn3)[C@@H]2[C@@H](C)C(=O)[C@H](C)C[C@@]1(C)OC. The number of rotatable bonds is 8. The van der Waals surface area contributed by atoms with Crippen LogP contribution in [-0.4, -0.2) is 88.4 Å². The van der Waals surface area contributed by atoms with Gasteiger partial charge in [-0.3, -0.25) is 19.1 Å². The molecule has 9 atom stereocenters. The van der Waals surface area contributed by atoms with Crippen LogP contribution in [0.4, 0.5) is 10.5 Å². The second-order valence-electron chi connectivity index (χ2n) is 14.0. The predicted molar refractivity (Wildman–Crippen MR) is 181 cm³/mol. The number of cyclic esters (lactones) is 1. The maximum Gasteiger partial charge on any atom is 0.410 e. The molecule has 13 heteroatoms. The number of methoxy groups -OCH3 is 1. The van der Waals surface area contributed by atoms with E-state index in [-0.39, 0.29) is 18.0 Å². The number of ketones is 2. The van der Waals surface area contributed by atoms with Crippen LogP contribution in [0.2, 0.25) is 5.82 Å². The molecule has 3 heterocycles. The molecule has 260 valence electrons. The van der Waals surface area contributed by atoms with Gasteiger partial charge in [-0.1, -0.05) is 45.0 Å². The number of Topliss-reactive ketones (excluding diaryl/α,β-unsaturated/α-hetero) is 2. The molecule has 0 spiro atoms. The maximum absolute atomic E-state index is 14.2. The van der Waals surface area contributed by atoms with Crippen LogP contribution in [0.25, 0.3) is 11.3 Å². The zero-order chi connectivity index (χ0) is 35.6.